The molecule has 1 saturated heterocycles. The lowest BCUT2D eigenvalue weighted by atomic mass is 10.1. The molecule has 1 aromatic carbocycles. The van der Waals surface area contributed by atoms with Crippen LogP contribution in [0.1, 0.15) is 16.1 Å². The van der Waals surface area contributed by atoms with E-state index in [1.165, 1.54) is 17.8 Å². The number of nitrogens with zero attached hydrogens (tertiary/aromatic N) is 4. The van der Waals surface area contributed by atoms with E-state index in [-0.39, 0.29) is 34.4 Å². The molecule has 0 radical (unpaired) electrons. The van der Waals surface area contributed by atoms with Gasteiger partial charge in [-0.2, -0.15) is 0 Å². The summed E-state index contributed by atoms with van der Waals surface area (Å²) in [5.74, 6) is -4.89. The third-order valence-corrected chi connectivity index (χ3v) is 7.61. The molecule has 1 N–H and O–H groups in total. The third-order valence-electron chi connectivity index (χ3n) is 6.13. The lowest BCUT2D eigenvalue weighted by Gasteiger charge is -2.23. The van der Waals surface area contributed by atoms with Crippen LogP contribution in [0.5, 0.6) is 5.75 Å². The predicted octanol–water partition coefficient (Wildman–Crippen LogP) is 1.83. The fraction of sp³-hybridized carbons (Fsp3) is 0.318. The number of hydrogen-bond acceptors (Lipinski definition) is 7. The number of aryl methyl sites for hydroxylation is 1. The Morgan fingerprint density at radius 2 is 1.94 bits per heavy atom. The summed E-state index contributed by atoms with van der Waals surface area (Å²) in [6.07, 6.45) is 5.44. The molecule has 4 heterocycles. The number of carbonyl (C=O) groups is 1. The average molecular weight is 507 g/mol. The lowest BCUT2D eigenvalue weighted by molar-refractivity contribution is 0.0979. The number of nitrogens with one attached hydrogen (secondary N) is 1. The molecule has 0 saturated carbocycles. The number of sulfonamides is 1. The molecule has 5 rings (SSSR count). The number of hydrogen-bond donors (Lipinski definition) is 1. The van der Waals surface area contributed by atoms with Crippen LogP contribution in [0.15, 0.2) is 41.8 Å². The zero-order valence-corrected chi connectivity index (χ0v) is 19.2. The highest BCUT2D eigenvalue weighted by molar-refractivity contribution is 7.89. The average Bonchev–Trinajstić information content (AvgIpc) is 3.36. The summed E-state index contributed by atoms with van der Waals surface area (Å²) in [4.78, 5) is 23.1. The SMILES string of the molecule is Cn1cc2c(c1C(=O)Cc1cc(F)c(F)c(F)c1)OCC1CN(c3cnccn3)CC1NS2(=O)=O. The van der Waals surface area contributed by atoms with Crippen molar-refractivity contribution in [2.24, 2.45) is 13.0 Å². The molecule has 13 heteroatoms. The van der Waals surface area contributed by atoms with Gasteiger partial charge < -0.3 is 14.2 Å². The summed E-state index contributed by atoms with van der Waals surface area (Å²) in [6.45, 7) is 0.925. The second-order valence-electron chi connectivity index (χ2n) is 8.52. The Morgan fingerprint density at radius 1 is 1.20 bits per heavy atom. The number of carbonyl (C=O) groups excluding carboxylic acids is 1. The Balaban J connectivity index is 1.44. The molecule has 2 aliphatic heterocycles. The summed E-state index contributed by atoms with van der Waals surface area (Å²) in [5.41, 5.74) is -0.165. The van der Waals surface area contributed by atoms with E-state index >= 15 is 0 Å². The van der Waals surface area contributed by atoms with Crippen LogP contribution in [-0.4, -0.2) is 54.5 Å². The quantitative estimate of drug-likeness (QED) is 0.424. The minimum Gasteiger partial charge on any atom is -0.489 e. The minimum atomic E-state index is -4.07. The van der Waals surface area contributed by atoms with Gasteiger partial charge in [-0.05, 0) is 17.7 Å². The van der Waals surface area contributed by atoms with E-state index in [0.29, 0.717) is 18.9 Å². The zero-order chi connectivity index (χ0) is 24.9. The number of rotatable bonds is 4. The number of fused-ring (bicyclic) bond motifs is 2. The standard InChI is InChI=1S/C22H20F3N5O4S/c1-29-10-18-22(21(29)17(31)6-12-4-14(23)20(25)15(24)5-12)34-11-13-8-30(19-7-26-2-3-27-19)9-16(13)28-35(18,32)33/h2-5,7,10,13,16,28H,6,8-9,11H2,1H3. The maximum Gasteiger partial charge on any atom is 0.246 e. The van der Waals surface area contributed by atoms with Gasteiger partial charge in [0, 0.05) is 57.1 Å². The zero-order valence-electron chi connectivity index (χ0n) is 18.4. The van der Waals surface area contributed by atoms with Crippen molar-refractivity contribution in [3.05, 3.63) is 65.6 Å². The molecule has 184 valence electrons. The van der Waals surface area contributed by atoms with Crippen LogP contribution in [0.25, 0.3) is 0 Å². The van der Waals surface area contributed by atoms with Crippen LogP contribution in [0.4, 0.5) is 19.0 Å². The molecule has 1 fully saturated rings. The van der Waals surface area contributed by atoms with E-state index in [1.807, 2.05) is 4.90 Å². The molecular weight excluding hydrogens is 487 g/mol. The Kier molecular flexibility index (Phi) is 5.75. The van der Waals surface area contributed by atoms with Gasteiger partial charge in [-0.25, -0.2) is 31.3 Å². The van der Waals surface area contributed by atoms with E-state index in [1.54, 1.807) is 18.6 Å². The van der Waals surface area contributed by atoms with Crippen molar-refractivity contribution in [2.45, 2.75) is 17.4 Å². The minimum absolute atomic E-state index is 0.0715. The summed E-state index contributed by atoms with van der Waals surface area (Å²) in [5, 5.41) is 0. The first-order chi connectivity index (χ1) is 16.6. The van der Waals surface area contributed by atoms with Gasteiger partial charge in [0.1, 0.15) is 16.4 Å². The summed E-state index contributed by atoms with van der Waals surface area (Å²) in [6, 6.07) is 0.998. The number of ketones is 1. The van der Waals surface area contributed by atoms with Gasteiger partial charge in [-0.3, -0.25) is 9.78 Å². The highest BCUT2D eigenvalue weighted by Gasteiger charge is 2.41. The van der Waals surface area contributed by atoms with Crippen LogP contribution in [0.3, 0.4) is 0 Å². The van der Waals surface area contributed by atoms with Crippen LogP contribution in [0, 0.1) is 23.4 Å². The molecule has 9 nitrogen and oxygen atoms in total. The van der Waals surface area contributed by atoms with Crippen molar-refractivity contribution in [2.75, 3.05) is 24.6 Å². The maximum absolute atomic E-state index is 13.6. The van der Waals surface area contributed by atoms with Gasteiger partial charge in [-0.15, -0.1) is 0 Å². The fourth-order valence-corrected chi connectivity index (χ4v) is 5.97. The molecule has 0 spiro atoms. The summed E-state index contributed by atoms with van der Waals surface area (Å²) >= 11 is 0. The van der Waals surface area contributed by atoms with Crippen LogP contribution < -0.4 is 14.4 Å². The fourth-order valence-electron chi connectivity index (χ4n) is 4.48. The largest absolute Gasteiger partial charge is 0.489 e. The topological polar surface area (TPSA) is 106 Å². The van der Waals surface area contributed by atoms with E-state index in [9.17, 15) is 26.4 Å². The van der Waals surface area contributed by atoms with Crippen molar-refractivity contribution in [1.29, 1.82) is 0 Å². The Bertz CT molecular complexity index is 1390. The Morgan fingerprint density at radius 3 is 2.63 bits per heavy atom. The lowest BCUT2D eigenvalue weighted by Crippen LogP contribution is -2.43. The van der Waals surface area contributed by atoms with Gasteiger partial charge in [0.15, 0.2) is 29.0 Å². The van der Waals surface area contributed by atoms with Gasteiger partial charge in [-0.1, -0.05) is 0 Å². The first-order valence-corrected chi connectivity index (χ1v) is 12.1. The van der Waals surface area contributed by atoms with Gasteiger partial charge in [0.2, 0.25) is 10.0 Å². The first kappa shape index (κ1) is 23.3. The van der Waals surface area contributed by atoms with Crippen molar-refractivity contribution >= 4 is 21.6 Å². The smallest absolute Gasteiger partial charge is 0.246 e. The first-order valence-electron chi connectivity index (χ1n) is 10.7. The highest BCUT2D eigenvalue weighted by Crippen LogP contribution is 2.35. The molecule has 0 aliphatic carbocycles. The van der Waals surface area contributed by atoms with E-state index in [2.05, 4.69) is 14.7 Å². The van der Waals surface area contributed by atoms with Crippen LogP contribution in [-0.2, 0) is 23.5 Å². The van der Waals surface area contributed by atoms with Gasteiger partial charge in [0.05, 0.1) is 12.8 Å². The third kappa shape index (κ3) is 4.25. The molecule has 2 atom stereocenters. The second-order valence-corrected chi connectivity index (χ2v) is 10.2. The van der Waals surface area contributed by atoms with E-state index in [4.69, 9.17) is 4.74 Å². The molecule has 0 bridgehead atoms. The normalized spacial score (nSPS) is 21.0. The van der Waals surface area contributed by atoms with Crippen molar-refractivity contribution < 1.29 is 31.1 Å². The predicted molar refractivity (Wildman–Crippen MR) is 117 cm³/mol. The van der Waals surface area contributed by atoms with Crippen molar-refractivity contribution in [1.82, 2.24) is 19.3 Å². The molecular formula is C22H20F3N5O4S. The number of aromatic nitrogens is 3. The molecule has 3 aromatic rings. The van der Waals surface area contributed by atoms with Crippen molar-refractivity contribution in [3.63, 3.8) is 0 Å². The molecule has 0 amide bonds. The Labute approximate surface area is 198 Å². The van der Waals surface area contributed by atoms with Crippen molar-refractivity contribution in [3.8, 4) is 5.75 Å². The van der Waals surface area contributed by atoms with Crippen LogP contribution in [0.2, 0.25) is 0 Å². The molecule has 35 heavy (non-hydrogen) atoms. The van der Waals surface area contributed by atoms with Crippen LogP contribution >= 0.6 is 0 Å². The number of Topliss-reactive ketones (excluding diaryl/α,β-unsaturated/α-hetero) is 1. The molecule has 2 unspecified atom stereocenters. The highest BCUT2D eigenvalue weighted by atomic mass is 32.2. The number of benzene rings is 1. The second kappa shape index (κ2) is 8.64. The summed E-state index contributed by atoms with van der Waals surface area (Å²) < 4.78 is 76.8. The molecule has 2 aliphatic rings. The monoisotopic (exact) mass is 507 g/mol. The Hall–Kier alpha value is -3.45. The van der Waals surface area contributed by atoms with E-state index in [0.717, 1.165) is 12.1 Å². The van der Waals surface area contributed by atoms with Gasteiger partial charge in [0.25, 0.3) is 0 Å². The summed E-state index contributed by atoms with van der Waals surface area (Å²) in [7, 11) is -2.60. The number of halogens is 3. The number of ether oxygens (including phenoxy) is 1. The van der Waals surface area contributed by atoms with E-state index < -0.39 is 45.7 Å². The number of anilines is 1. The van der Waals surface area contributed by atoms with Gasteiger partial charge >= 0.3 is 0 Å². The maximum atomic E-state index is 13.6. The molecule has 2 aromatic heterocycles.